The third-order valence-electron chi connectivity index (χ3n) is 3.35. The smallest absolute Gasteiger partial charge is 0.0370 e. The van der Waals surface area contributed by atoms with E-state index in [0.29, 0.717) is 0 Å². The Hall–Kier alpha value is -1.02. The van der Waals surface area contributed by atoms with Gasteiger partial charge in [-0.2, -0.15) is 0 Å². The molecule has 2 nitrogen and oxygen atoms in total. The van der Waals surface area contributed by atoms with E-state index >= 15 is 0 Å². The lowest BCUT2D eigenvalue weighted by Crippen LogP contribution is -2.24. The van der Waals surface area contributed by atoms with Crippen LogP contribution in [0.15, 0.2) is 18.2 Å². The van der Waals surface area contributed by atoms with Crippen LogP contribution in [0.1, 0.15) is 30.4 Å². The Kier molecular flexibility index (Phi) is 3.83. The minimum Gasteiger partial charge on any atom is -0.385 e. The number of rotatable bonds is 4. The summed E-state index contributed by atoms with van der Waals surface area (Å²) >= 11 is 0. The highest BCUT2D eigenvalue weighted by atomic mass is 14.9. The van der Waals surface area contributed by atoms with Gasteiger partial charge in [0, 0.05) is 18.3 Å². The normalized spacial score (nSPS) is 20.0. The number of hydrogen-bond acceptors (Lipinski definition) is 2. The Morgan fingerprint density at radius 3 is 2.94 bits per heavy atom. The van der Waals surface area contributed by atoms with Crippen molar-refractivity contribution in [3.63, 3.8) is 0 Å². The van der Waals surface area contributed by atoms with E-state index < -0.39 is 0 Å². The van der Waals surface area contributed by atoms with Crippen molar-refractivity contribution in [3.05, 3.63) is 29.3 Å². The Morgan fingerprint density at radius 2 is 2.25 bits per heavy atom. The number of aryl methyl sites for hydroxylation is 2. The fourth-order valence-electron chi connectivity index (χ4n) is 2.40. The molecule has 1 heterocycles. The van der Waals surface area contributed by atoms with Gasteiger partial charge in [-0.25, -0.2) is 0 Å². The van der Waals surface area contributed by atoms with E-state index in [1.165, 1.54) is 42.6 Å². The first-order valence-electron chi connectivity index (χ1n) is 6.30. The Balaban J connectivity index is 1.80. The Morgan fingerprint density at radius 1 is 1.38 bits per heavy atom. The first-order valence-corrected chi connectivity index (χ1v) is 6.30. The van der Waals surface area contributed by atoms with Crippen LogP contribution in [0.2, 0.25) is 0 Å². The van der Waals surface area contributed by atoms with Crippen molar-refractivity contribution in [2.24, 2.45) is 0 Å². The van der Waals surface area contributed by atoms with Crippen LogP contribution in [0.5, 0.6) is 0 Å². The summed E-state index contributed by atoms with van der Waals surface area (Å²) in [6.07, 6.45) is 3.91. The molecule has 2 rings (SSSR count). The van der Waals surface area contributed by atoms with Crippen LogP contribution in [-0.2, 0) is 0 Å². The molecule has 1 saturated heterocycles. The topological polar surface area (TPSA) is 24.1 Å². The van der Waals surface area contributed by atoms with Crippen LogP contribution in [0, 0.1) is 13.8 Å². The summed E-state index contributed by atoms with van der Waals surface area (Å²) in [5.41, 5.74) is 3.96. The molecule has 1 aromatic rings. The van der Waals surface area contributed by atoms with E-state index in [1.807, 2.05) is 0 Å². The lowest BCUT2D eigenvalue weighted by Gasteiger charge is -2.13. The standard InChI is InChI=1S/C14H22N2/c1-11-5-6-14(12(2)10-11)16-9-7-13-4-3-8-15-13/h5-6,10,13,15-16H,3-4,7-9H2,1-2H3. The van der Waals surface area contributed by atoms with Gasteiger partial charge in [-0.15, -0.1) is 0 Å². The average molecular weight is 218 g/mol. The summed E-state index contributed by atoms with van der Waals surface area (Å²) in [5, 5.41) is 7.05. The molecule has 88 valence electrons. The molecule has 0 aliphatic carbocycles. The molecule has 1 atom stereocenters. The van der Waals surface area contributed by atoms with Crippen molar-refractivity contribution in [3.8, 4) is 0 Å². The zero-order chi connectivity index (χ0) is 11.4. The van der Waals surface area contributed by atoms with E-state index in [-0.39, 0.29) is 0 Å². The third kappa shape index (κ3) is 2.99. The van der Waals surface area contributed by atoms with Crippen LogP contribution < -0.4 is 10.6 Å². The molecule has 0 radical (unpaired) electrons. The van der Waals surface area contributed by atoms with E-state index in [4.69, 9.17) is 0 Å². The lowest BCUT2D eigenvalue weighted by molar-refractivity contribution is 0.574. The van der Waals surface area contributed by atoms with E-state index in [1.54, 1.807) is 0 Å². The average Bonchev–Trinajstić information content (AvgIpc) is 2.74. The molecule has 1 aromatic carbocycles. The van der Waals surface area contributed by atoms with Gasteiger partial charge in [-0.05, 0) is 51.3 Å². The molecular formula is C14H22N2. The molecule has 16 heavy (non-hydrogen) atoms. The van der Waals surface area contributed by atoms with Gasteiger partial charge >= 0.3 is 0 Å². The maximum atomic E-state index is 3.53. The van der Waals surface area contributed by atoms with Crippen LogP contribution >= 0.6 is 0 Å². The first-order chi connectivity index (χ1) is 7.75. The van der Waals surface area contributed by atoms with Crippen molar-refractivity contribution >= 4 is 5.69 Å². The monoisotopic (exact) mass is 218 g/mol. The second-order valence-electron chi connectivity index (χ2n) is 4.83. The molecule has 0 aromatic heterocycles. The molecule has 1 aliphatic heterocycles. The number of anilines is 1. The highest BCUT2D eigenvalue weighted by Gasteiger charge is 2.12. The summed E-state index contributed by atoms with van der Waals surface area (Å²) in [6, 6.07) is 7.32. The lowest BCUT2D eigenvalue weighted by atomic mass is 10.1. The Labute approximate surface area is 98.4 Å². The number of nitrogens with one attached hydrogen (secondary N) is 2. The van der Waals surface area contributed by atoms with Crippen molar-refractivity contribution < 1.29 is 0 Å². The first kappa shape index (κ1) is 11.5. The minimum absolute atomic E-state index is 0.734. The van der Waals surface area contributed by atoms with Crippen molar-refractivity contribution in [2.45, 2.75) is 39.2 Å². The second kappa shape index (κ2) is 5.35. The van der Waals surface area contributed by atoms with Crippen molar-refractivity contribution in [1.29, 1.82) is 0 Å². The quantitative estimate of drug-likeness (QED) is 0.812. The molecule has 0 saturated carbocycles. The summed E-state index contributed by atoms with van der Waals surface area (Å²) in [4.78, 5) is 0. The predicted molar refractivity (Wildman–Crippen MR) is 70.0 cm³/mol. The zero-order valence-electron chi connectivity index (χ0n) is 10.3. The van der Waals surface area contributed by atoms with Gasteiger partial charge in [0.05, 0.1) is 0 Å². The summed E-state index contributed by atoms with van der Waals surface area (Å²) < 4.78 is 0. The highest BCUT2D eigenvalue weighted by Crippen LogP contribution is 2.16. The summed E-state index contributed by atoms with van der Waals surface area (Å²) in [7, 11) is 0. The second-order valence-corrected chi connectivity index (χ2v) is 4.83. The van der Waals surface area contributed by atoms with E-state index in [0.717, 1.165) is 12.6 Å². The SMILES string of the molecule is Cc1ccc(NCCC2CCCN2)c(C)c1. The van der Waals surface area contributed by atoms with Gasteiger partial charge in [0.2, 0.25) is 0 Å². The predicted octanol–water partition coefficient (Wildman–Crippen LogP) is 2.86. The fraction of sp³-hybridized carbons (Fsp3) is 0.571. The van der Waals surface area contributed by atoms with Gasteiger partial charge in [0.15, 0.2) is 0 Å². The molecule has 1 unspecified atom stereocenters. The molecule has 0 bridgehead atoms. The summed E-state index contributed by atoms with van der Waals surface area (Å²) in [6.45, 7) is 6.58. The zero-order valence-corrected chi connectivity index (χ0v) is 10.3. The van der Waals surface area contributed by atoms with Crippen LogP contribution in [0.25, 0.3) is 0 Å². The maximum Gasteiger partial charge on any atom is 0.0370 e. The molecular weight excluding hydrogens is 196 g/mol. The Bertz CT molecular complexity index is 341. The molecule has 1 aliphatic rings. The van der Waals surface area contributed by atoms with Crippen LogP contribution in [0.4, 0.5) is 5.69 Å². The molecule has 0 amide bonds. The van der Waals surface area contributed by atoms with E-state index in [2.05, 4.69) is 42.7 Å². The van der Waals surface area contributed by atoms with E-state index in [9.17, 15) is 0 Å². The molecule has 2 heteroatoms. The highest BCUT2D eigenvalue weighted by molar-refractivity contribution is 5.51. The van der Waals surface area contributed by atoms with Gasteiger partial charge in [-0.3, -0.25) is 0 Å². The van der Waals surface area contributed by atoms with Crippen molar-refractivity contribution in [2.75, 3.05) is 18.4 Å². The molecule has 1 fully saturated rings. The summed E-state index contributed by atoms with van der Waals surface area (Å²) in [5.74, 6) is 0. The minimum atomic E-state index is 0.734. The van der Waals surface area contributed by atoms with Crippen LogP contribution in [0.3, 0.4) is 0 Å². The fourth-order valence-corrected chi connectivity index (χ4v) is 2.40. The largest absolute Gasteiger partial charge is 0.385 e. The number of hydrogen-bond donors (Lipinski definition) is 2. The van der Waals surface area contributed by atoms with Gasteiger partial charge in [0.25, 0.3) is 0 Å². The van der Waals surface area contributed by atoms with Gasteiger partial charge < -0.3 is 10.6 Å². The van der Waals surface area contributed by atoms with Crippen molar-refractivity contribution in [1.82, 2.24) is 5.32 Å². The van der Waals surface area contributed by atoms with Gasteiger partial charge in [0.1, 0.15) is 0 Å². The third-order valence-corrected chi connectivity index (χ3v) is 3.35. The molecule has 0 spiro atoms. The van der Waals surface area contributed by atoms with Crippen LogP contribution in [-0.4, -0.2) is 19.1 Å². The number of benzene rings is 1. The van der Waals surface area contributed by atoms with Gasteiger partial charge in [-0.1, -0.05) is 17.7 Å². The maximum absolute atomic E-state index is 3.53. The molecule has 2 N–H and O–H groups in total.